The second-order valence-corrected chi connectivity index (χ2v) is 7.82. The summed E-state index contributed by atoms with van der Waals surface area (Å²) in [6.45, 7) is 4.69. The van der Waals surface area contributed by atoms with Gasteiger partial charge in [0.25, 0.3) is 0 Å². The minimum atomic E-state index is -0.0597. The van der Waals surface area contributed by atoms with Crippen LogP contribution in [0, 0.1) is 0 Å². The van der Waals surface area contributed by atoms with Gasteiger partial charge in [-0.15, -0.1) is 0 Å². The average Bonchev–Trinajstić information content (AvgIpc) is 2.47. The number of fused-ring (bicyclic) bond motifs is 2. The summed E-state index contributed by atoms with van der Waals surface area (Å²) < 4.78 is 0. The highest BCUT2D eigenvalue weighted by Crippen LogP contribution is 2.77. The van der Waals surface area contributed by atoms with E-state index in [4.69, 9.17) is 10.2 Å². The quantitative estimate of drug-likeness (QED) is 0.668. The molecule has 5 aliphatic rings. The molecule has 108 valence electrons. The van der Waals surface area contributed by atoms with Crippen LogP contribution < -0.4 is 0 Å². The molecule has 2 aromatic carbocycles. The molecule has 6 atom stereocenters. The van der Waals surface area contributed by atoms with Crippen molar-refractivity contribution >= 4 is 0 Å². The summed E-state index contributed by atoms with van der Waals surface area (Å²) in [5, 5.41) is 9.78. The second kappa shape index (κ2) is 3.19. The first-order valence-electron chi connectivity index (χ1n) is 8.28. The molecule has 0 spiro atoms. The van der Waals surface area contributed by atoms with Gasteiger partial charge in [0.05, 0.1) is 11.1 Å². The van der Waals surface area contributed by atoms with Crippen molar-refractivity contribution in [3.63, 3.8) is 0 Å². The third-order valence-electron chi connectivity index (χ3n) is 7.00. The summed E-state index contributed by atoms with van der Waals surface area (Å²) in [4.78, 5) is 0. The molecule has 0 amide bonds. The third kappa shape index (κ3) is 0.930. The van der Waals surface area contributed by atoms with Crippen LogP contribution in [0.4, 0.5) is 0 Å². The minimum Gasteiger partial charge on any atom is -0.186 e. The highest BCUT2D eigenvalue weighted by molar-refractivity contribution is 5.62. The fraction of sp³-hybridized carbons (Fsp3) is 0.400. The first kappa shape index (κ1) is 11.6. The van der Waals surface area contributed by atoms with Crippen LogP contribution in [0.5, 0.6) is 0 Å². The molecule has 1 fully saturated rings. The van der Waals surface area contributed by atoms with Crippen LogP contribution in [-0.2, 0) is 0 Å². The van der Waals surface area contributed by atoms with E-state index in [1.807, 2.05) is 0 Å². The lowest BCUT2D eigenvalue weighted by Gasteiger charge is -2.70. The first-order chi connectivity index (χ1) is 10.7. The Morgan fingerprint density at radius 2 is 0.864 bits per heavy atom. The lowest BCUT2D eigenvalue weighted by molar-refractivity contribution is 0.0181. The third-order valence-corrected chi connectivity index (χ3v) is 7.00. The molecule has 0 N–H and O–H groups in total. The molecule has 2 aliphatic heterocycles. The lowest BCUT2D eigenvalue weighted by atomic mass is 9.37. The maximum atomic E-state index is 4.89. The molecule has 2 heteroatoms. The van der Waals surface area contributed by atoms with E-state index < -0.39 is 0 Å². The van der Waals surface area contributed by atoms with Crippen molar-refractivity contribution in [1.29, 1.82) is 0 Å². The molecule has 3 aliphatic carbocycles. The molecule has 2 aromatic rings. The normalized spacial score (nSPS) is 45.0. The summed E-state index contributed by atoms with van der Waals surface area (Å²) in [5.41, 5.74) is 5.95. The van der Waals surface area contributed by atoms with Gasteiger partial charge in [-0.25, -0.2) is 0 Å². The van der Waals surface area contributed by atoms with E-state index in [-0.39, 0.29) is 11.1 Å². The maximum Gasteiger partial charge on any atom is 0.0938 e. The van der Waals surface area contributed by atoms with Crippen LogP contribution in [0.25, 0.3) is 0 Å². The Morgan fingerprint density at radius 1 is 0.591 bits per heavy atom. The van der Waals surface area contributed by atoms with E-state index in [1.165, 1.54) is 22.3 Å². The van der Waals surface area contributed by atoms with Crippen LogP contribution in [0.15, 0.2) is 58.8 Å². The molecular formula is C20H18N2. The Bertz CT molecular complexity index is 736. The Labute approximate surface area is 130 Å². The Balaban J connectivity index is 1.65. The van der Waals surface area contributed by atoms with Crippen molar-refractivity contribution in [2.75, 3.05) is 0 Å². The van der Waals surface area contributed by atoms with Gasteiger partial charge in [0.1, 0.15) is 0 Å². The molecule has 2 nitrogen and oxygen atoms in total. The Kier molecular flexibility index (Phi) is 1.68. The van der Waals surface area contributed by atoms with E-state index in [9.17, 15) is 0 Å². The number of azo groups is 1. The monoisotopic (exact) mass is 286 g/mol. The zero-order valence-corrected chi connectivity index (χ0v) is 12.8. The highest BCUT2D eigenvalue weighted by Gasteiger charge is 2.73. The Hall–Kier alpha value is -1.96. The van der Waals surface area contributed by atoms with Crippen molar-refractivity contribution in [3.05, 3.63) is 70.8 Å². The summed E-state index contributed by atoms with van der Waals surface area (Å²) >= 11 is 0. The van der Waals surface area contributed by atoms with Crippen LogP contribution in [0.3, 0.4) is 0 Å². The van der Waals surface area contributed by atoms with Gasteiger partial charge in [0, 0.05) is 23.7 Å². The van der Waals surface area contributed by atoms with Gasteiger partial charge >= 0.3 is 0 Å². The molecule has 0 aromatic heterocycles. The smallest absolute Gasteiger partial charge is 0.0938 e. The van der Waals surface area contributed by atoms with E-state index in [0.717, 1.165) is 0 Å². The topological polar surface area (TPSA) is 24.7 Å². The number of nitrogens with zero attached hydrogens (tertiary/aromatic N) is 2. The number of hydrogen-bond donors (Lipinski definition) is 0. The number of hydrogen-bond acceptors (Lipinski definition) is 2. The van der Waals surface area contributed by atoms with E-state index in [2.05, 4.69) is 62.4 Å². The van der Waals surface area contributed by atoms with Crippen molar-refractivity contribution in [2.45, 2.75) is 48.6 Å². The van der Waals surface area contributed by atoms with Gasteiger partial charge in [-0.05, 0) is 36.1 Å². The average molecular weight is 286 g/mol. The zero-order valence-electron chi connectivity index (χ0n) is 12.8. The molecule has 7 rings (SSSR count). The lowest BCUT2D eigenvalue weighted by Crippen LogP contribution is -2.67. The van der Waals surface area contributed by atoms with Crippen LogP contribution >= 0.6 is 0 Å². The molecule has 22 heavy (non-hydrogen) atoms. The van der Waals surface area contributed by atoms with Gasteiger partial charge in [0.2, 0.25) is 0 Å². The Morgan fingerprint density at radius 3 is 1.14 bits per heavy atom. The summed E-state index contributed by atoms with van der Waals surface area (Å²) in [7, 11) is 0. The second-order valence-electron chi connectivity index (χ2n) is 7.82. The van der Waals surface area contributed by atoms with Gasteiger partial charge in [-0.1, -0.05) is 48.5 Å². The molecule has 2 unspecified atom stereocenters. The molecule has 2 heterocycles. The molecule has 2 bridgehead atoms. The standard InChI is InChI=1S/C20H18N2/c1-19-15-11-7-3-5-9-13(11)17(15)20(2,22-21-19)18-14-10-6-4-8-12(14)16(18)19/h3-10,15-18H,1-2H3/t15-,16-,17-,18+,19?,20?/m0/s1. The van der Waals surface area contributed by atoms with E-state index >= 15 is 0 Å². The van der Waals surface area contributed by atoms with Crippen LogP contribution in [0.1, 0.15) is 59.8 Å². The largest absolute Gasteiger partial charge is 0.186 e. The molecular weight excluding hydrogens is 268 g/mol. The van der Waals surface area contributed by atoms with Crippen molar-refractivity contribution in [2.24, 2.45) is 10.2 Å². The maximum absolute atomic E-state index is 4.89. The summed E-state index contributed by atoms with van der Waals surface area (Å²) in [6, 6.07) is 17.9. The van der Waals surface area contributed by atoms with Crippen LogP contribution in [0.2, 0.25) is 0 Å². The van der Waals surface area contributed by atoms with E-state index in [1.54, 1.807) is 0 Å². The molecule has 0 saturated heterocycles. The number of rotatable bonds is 0. The first-order valence-corrected chi connectivity index (χ1v) is 8.28. The van der Waals surface area contributed by atoms with Gasteiger partial charge < -0.3 is 0 Å². The molecule has 1 saturated carbocycles. The van der Waals surface area contributed by atoms with Crippen LogP contribution in [-0.4, -0.2) is 11.1 Å². The van der Waals surface area contributed by atoms with Gasteiger partial charge in [-0.2, -0.15) is 10.2 Å². The summed E-state index contributed by atoms with van der Waals surface area (Å²) in [6.07, 6.45) is 0. The predicted molar refractivity (Wildman–Crippen MR) is 85.5 cm³/mol. The van der Waals surface area contributed by atoms with Gasteiger partial charge in [-0.3, -0.25) is 0 Å². The fourth-order valence-electron chi connectivity index (χ4n) is 6.14. The fourth-order valence-corrected chi connectivity index (χ4v) is 6.14. The summed E-state index contributed by atoms with van der Waals surface area (Å²) in [5.74, 6) is 2.17. The van der Waals surface area contributed by atoms with Crippen molar-refractivity contribution < 1.29 is 0 Å². The van der Waals surface area contributed by atoms with Gasteiger partial charge in [0.15, 0.2) is 0 Å². The zero-order chi connectivity index (χ0) is 14.7. The SMILES string of the molecule is CC12N=NC(C)([C@H]3c4ccccc4[C@H]31)[C@H]1c3ccccc3[C@@H]12. The molecule has 0 radical (unpaired) electrons. The van der Waals surface area contributed by atoms with E-state index in [0.29, 0.717) is 23.7 Å². The van der Waals surface area contributed by atoms with Crippen molar-refractivity contribution in [1.82, 2.24) is 0 Å². The predicted octanol–water partition coefficient (Wildman–Crippen LogP) is 4.75. The van der Waals surface area contributed by atoms with Crippen molar-refractivity contribution in [3.8, 4) is 0 Å². The highest BCUT2D eigenvalue weighted by atomic mass is 15.3. The minimum absolute atomic E-state index is 0.0597. The number of benzene rings is 2.